The maximum Gasteiger partial charge on any atom is 0.185 e. The molecule has 3 nitrogen and oxygen atoms in total. The first-order chi connectivity index (χ1) is 12.0. The van der Waals surface area contributed by atoms with Crippen LogP contribution < -0.4 is 0 Å². The summed E-state index contributed by atoms with van der Waals surface area (Å²) in [6.07, 6.45) is 0. The standard InChI is InChI=1S/C21H18O3S/c1-16-10-12-20(13-11-16)25(23,24)15-21(22)19-9-5-8-18(14-19)17-6-3-2-4-7-17/h2-14H,15H2,1H3. The molecule has 0 fully saturated rings. The van der Waals surface area contributed by atoms with Gasteiger partial charge in [-0.1, -0.05) is 66.2 Å². The van der Waals surface area contributed by atoms with Crippen LogP contribution in [0.15, 0.2) is 83.8 Å². The molecule has 0 unspecified atom stereocenters. The Morgan fingerprint density at radius 1 is 0.800 bits per heavy atom. The van der Waals surface area contributed by atoms with Gasteiger partial charge < -0.3 is 0 Å². The van der Waals surface area contributed by atoms with Crippen LogP contribution in [0.2, 0.25) is 0 Å². The molecule has 0 heterocycles. The van der Waals surface area contributed by atoms with Gasteiger partial charge >= 0.3 is 0 Å². The van der Waals surface area contributed by atoms with Crippen molar-refractivity contribution in [3.05, 3.63) is 90.0 Å². The smallest absolute Gasteiger partial charge is 0.185 e. The summed E-state index contributed by atoms with van der Waals surface area (Å²) in [4.78, 5) is 12.7. The van der Waals surface area contributed by atoms with Crippen molar-refractivity contribution >= 4 is 15.6 Å². The molecule has 126 valence electrons. The van der Waals surface area contributed by atoms with Gasteiger partial charge in [0.25, 0.3) is 0 Å². The van der Waals surface area contributed by atoms with E-state index in [1.165, 1.54) is 0 Å². The van der Waals surface area contributed by atoms with Crippen molar-refractivity contribution in [1.82, 2.24) is 0 Å². The lowest BCUT2D eigenvalue weighted by Gasteiger charge is -2.07. The lowest BCUT2D eigenvalue weighted by atomic mass is 10.0. The van der Waals surface area contributed by atoms with E-state index in [0.717, 1.165) is 16.7 Å². The predicted molar refractivity (Wildman–Crippen MR) is 99.4 cm³/mol. The number of Topliss-reactive ketones (excluding diaryl/α,β-unsaturated/α-hetero) is 1. The molecule has 3 aromatic carbocycles. The lowest BCUT2D eigenvalue weighted by molar-refractivity contribution is 0.102. The number of ketones is 1. The third-order valence-corrected chi connectivity index (χ3v) is 5.63. The Kier molecular flexibility index (Phi) is 4.81. The normalized spacial score (nSPS) is 11.2. The van der Waals surface area contributed by atoms with Crippen molar-refractivity contribution in [3.63, 3.8) is 0 Å². The highest BCUT2D eigenvalue weighted by Crippen LogP contribution is 2.21. The topological polar surface area (TPSA) is 51.2 Å². The number of benzene rings is 3. The van der Waals surface area contributed by atoms with Crippen LogP contribution in [-0.2, 0) is 9.84 Å². The first kappa shape index (κ1) is 17.1. The fourth-order valence-corrected chi connectivity index (χ4v) is 3.82. The molecule has 0 aromatic heterocycles. The number of aryl methyl sites for hydroxylation is 1. The van der Waals surface area contributed by atoms with E-state index in [9.17, 15) is 13.2 Å². The molecule has 0 aliphatic carbocycles. The Bertz CT molecular complexity index is 989. The number of sulfone groups is 1. The maximum absolute atomic E-state index is 12.5. The third-order valence-electron chi connectivity index (χ3n) is 3.99. The first-order valence-corrected chi connectivity index (χ1v) is 9.59. The van der Waals surface area contributed by atoms with E-state index < -0.39 is 21.4 Å². The van der Waals surface area contributed by atoms with Crippen LogP contribution in [0.5, 0.6) is 0 Å². The minimum atomic E-state index is -3.65. The zero-order valence-electron chi connectivity index (χ0n) is 13.8. The number of rotatable bonds is 5. The van der Waals surface area contributed by atoms with Gasteiger partial charge in [-0.2, -0.15) is 0 Å². The summed E-state index contributed by atoms with van der Waals surface area (Å²) in [5, 5.41) is 0. The van der Waals surface area contributed by atoms with Crippen LogP contribution in [0, 0.1) is 6.92 Å². The van der Waals surface area contributed by atoms with E-state index in [4.69, 9.17) is 0 Å². The second-order valence-corrected chi connectivity index (χ2v) is 7.93. The molecule has 0 radical (unpaired) electrons. The third kappa shape index (κ3) is 4.03. The molecule has 0 N–H and O–H groups in total. The van der Waals surface area contributed by atoms with E-state index >= 15 is 0 Å². The van der Waals surface area contributed by atoms with E-state index in [-0.39, 0.29) is 4.90 Å². The molecule has 0 saturated heterocycles. The fraction of sp³-hybridized carbons (Fsp3) is 0.0952. The number of carbonyl (C=O) groups is 1. The second-order valence-electron chi connectivity index (χ2n) is 5.94. The van der Waals surface area contributed by atoms with Crippen LogP contribution in [0.1, 0.15) is 15.9 Å². The first-order valence-electron chi connectivity index (χ1n) is 7.94. The molecule has 0 amide bonds. The van der Waals surface area contributed by atoms with E-state index in [2.05, 4.69) is 0 Å². The van der Waals surface area contributed by atoms with Crippen LogP contribution in [0.3, 0.4) is 0 Å². The van der Waals surface area contributed by atoms with Gasteiger partial charge in [-0.15, -0.1) is 0 Å². The summed E-state index contributed by atoms with van der Waals surface area (Å²) in [5.74, 6) is -0.938. The van der Waals surface area contributed by atoms with Crippen molar-refractivity contribution in [3.8, 4) is 11.1 Å². The SMILES string of the molecule is Cc1ccc(S(=O)(=O)CC(=O)c2cccc(-c3ccccc3)c2)cc1. The summed E-state index contributed by atoms with van der Waals surface area (Å²) in [5.41, 5.74) is 3.25. The minimum absolute atomic E-state index is 0.172. The van der Waals surface area contributed by atoms with Crippen molar-refractivity contribution in [2.75, 3.05) is 5.75 Å². The Balaban J connectivity index is 1.85. The van der Waals surface area contributed by atoms with Crippen molar-refractivity contribution in [1.29, 1.82) is 0 Å². The van der Waals surface area contributed by atoms with Gasteiger partial charge in [0.15, 0.2) is 15.6 Å². The molecule has 3 aromatic rings. The molecule has 0 aliphatic rings. The Morgan fingerprint density at radius 2 is 1.44 bits per heavy atom. The summed E-state index contributed by atoms with van der Waals surface area (Å²) in [7, 11) is -3.65. The van der Waals surface area contributed by atoms with E-state index in [0.29, 0.717) is 5.56 Å². The summed E-state index contributed by atoms with van der Waals surface area (Å²) in [6.45, 7) is 1.89. The molecular weight excluding hydrogens is 332 g/mol. The highest BCUT2D eigenvalue weighted by atomic mass is 32.2. The van der Waals surface area contributed by atoms with Crippen LogP contribution in [-0.4, -0.2) is 20.0 Å². The molecule has 0 bridgehead atoms. The van der Waals surface area contributed by atoms with E-state index in [1.807, 2.05) is 43.3 Å². The molecule has 25 heavy (non-hydrogen) atoms. The summed E-state index contributed by atoms with van der Waals surface area (Å²) in [6, 6.07) is 23.3. The molecular formula is C21H18O3S. The number of carbonyl (C=O) groups excluding carboxylic acids is 1. The molecule has 0 atom stereocenters. The lowest BCUT2D eigenvalue weighted by Crippen LogP contribution is -2.16. The Morgan fingerprint density at radius 3 is 2.12 bits per heavy atom. The Hall–Kier alpha value is -2.72. The number of hydrogen-bond acceptors (Lipinski definition) is 3. The largest absolute Gasteiger partial charge is 0.293 e. The predicted octanol–water partition coefficient (Wildman–Crippen LogP) is 4.32. The average Bonchev–Trinajstić information content (AvgIpc) is 2.62. The van der Waals surface area contributed by atoms with Gasteiger partial charge in [0.2, 0.25) is 0 Å². The van der Waals surface area contributed by atoms with Gasteiger partial charge in [-0.05, 0) is 36.2 Å². The van der Waals surface area contributed by atoms with Crippen molar-refractivity contribution in [2.24, 2.45) is 0 Å². The van der Waals surface area contributed by atoms with Gasteiger partial charge in [-0.25, -0.2) is 8.42 Å². The maximum atomic E-state index is 12.5. The van der Waals surface area contributed by atoms with Crippen molar-refractivity contribution < 1.29 is 13.2 Å². The van der Waals surface area contributed by atoms with E-state index in [1.54, 1.807) is 42.5 Å². The average molecular weight is 350 g/mol. The van der Waals surface area contributed by atoms with Crippen LogP contribution >= 0.6 is 0 Å². The minimum Gasteiger partial charge on any atom is -0.293 e. The highest BCUT2D eigenvalue weighted by Gasteiger charge is 2.20. The zero-order valence-corrected chi connectivity index (χ0v) is 14.7. The molecule has 4 heteroatoms. The summed E-state index contributed by atoms with van der Waals surface area (Å²) >= 11 is 0. The second kappa shape index (κ2) is 7.03. The molecule has 3 rings (SSSR count). The quantitative estimate of drug-likeness (QED) is 0.644. The van der Waals surface area contributed by atoms with Gasteiger partial charge in [-0.3, -0.25) is 4.79 Å². The fourth-order valence-electron chi connectivity index (χ4n) is 2.59. The van der Waals surface area contributed by atoms with Crippen LogP contribution in [0.4, 0.5) is 0 Å². The molecule has 0 aliphatic heterocycles. The Labute approximate surface area is 147 Å². The van der Waals surface area contributed by atoms with Gasteiger partial charge in [0, 0.05) is 5.56 Å². The summed E-state index contributed by atoms with van der Waals surface area (Å²) < 4.78 is 24.9. The van der Waals surface area contributed by atoms with Gasteiger partial charge in [0.05, 0.1) is 4.90 Å². The van der Waals surface area contributed by atoms with Crippen molar-refractivity contribution in [2.45, 2.75) is 11.8 Å². The molecule has 0 spiro atoms. The number of hydrogen-bond donors (Lipinski definition) is 0. The highest BCUT2D eigenvalue weighted by molar-refractivity contribution is 7.92. The monoisotopic (exact) mass is 350 g/mol. The molecule has 0 saturated carbocycles. The van der Waals surface area contributed by atoms with Gasteiger partial charge in [0.1, 0.15) is 5.75 Å². The zero-order chi connectivity index (χ0) is 17.9. The van der Waals surface area contributed by atoms with Crippen LogP contribution in [0.25, 0.3) is 11.1 Å².